The number of methoxy groups -OCH3 is 1. The van der Waals surface area contributed by atoms with E-state index in [4.69, 9.17) is 16.9 Å². The van der Waals surface area contributed by atoms with Crippen molar-refractivity contribution in [3.05, 3.63) is 23.8 Å². The molecule has 0 aliphatic carbocycles. The van der Waals surface area contributed by atoms with Gasteiger partial charge >= 0.3 is 0 Å². The first-order chi connectivity index (χ1) is 8.67. The number of unbranched alkanes of at least 4 members (excludes halogenated alkanes) is 2. The van der Waals surface area contributed by atoms with Crippen LogP contribution in [0.15, 0.2) is 18.2 Å². The molecule has 0 radical (unpaired) electrons. The van der Waals surface area contributed by atoms with Crippen LogP contribution in [0.5, 0.6) is 5.75 Å². The zero-order chi connectivity index (χ0) is 13.4. The maximum Gasteiger partial charge on any atom is 0.251 e. The normalized spacial score (nSPS) is 9.56. The fraction of sp³-hybridized carbons (Fsp3) is 0.357. The van der Waals surface area contributed by atoms with Gasteiger partial charge in [0.2, 0.25) is 0 Å². The lowest BCUT2D eigenvalue weighted by Crippen LogP contribution is -2.24. The van der Waals surface area contributed by atoms with Gasteiger partial charge in [-0.2, -0.15) is 0 Å². The molecule has 1 amide bonds. The summed E-state index contributed by atoms with van der Waals surface area (Å²) in [5.74, 6) is 2.99. The molecule has 4 nitrogen and oxygen atoms in total. The average Bonchev–Trinajstić information content (AvgIpc) is 2.37. The number of nitrogen functional groups attached to an aromatic ring is 1. The highest BCUT2D eigenvalue weighted by molar-refractivity contribution is 5.95. The van der Waals surface area contributed by atoms with E-state index in [1.54, 1.807) is 18.2 Å². The summed E-state index contributed by atoms with van der Waals surface area (Å²) in [6.45, 7) is 0.609. The summed E-state index contributed by atoms with van der Waals surface area (Å²) in [6.07, 6.45) is 7.67. The lowest BCUT2D eigenvalue weighted by molar-refractivity contribution is 0.0952. The molecule has 96 valence electrons. The number of carbonyl (C=O) groups is 1. The lowest BCUT2D eigenvalue weighted by Gasteiger charge is -2.07. The van der Waals surface area contributed by atoms with Crippen molar-refractivity contribution in [1.29, 1.82) is 0 Å². The molecule has 0 bridgehead atoms. The standard InChI is InChI=1S/C14H18N2O2/c1-3-4-5-6-7-16-14(17)11-8-12(15)10-13(9-11)18-2/h1,8-10H,4-7,15H2,2H3,(H,16,17). The molecule has 0 unspecified atom stereocenters. The minimum absolute atomic E-state index is 0.152. The minimum atomic E-state index is -0.152. The molecule has 0 aliphatic heterocycles. The first-order valence-corrected chi connectivity index (χ1v) is 5.83. The number of hydrogen-bond acceptors (Lipinski definition) is 3. The third-order valence-electron chi connectivity index (χ3n) is 2.46. The largest absolute Gasteiger partial charge is 0.497 e. The van der Waals surface area contributed by atoms with Gasteiger partial charge in [0.25, 0.3) is 5.91 Å². The van der Waals surface area contributed by atoms with Crippen LogP contribution in [0.4, 0.5) is 5.69 Å². The van der Waals surface area contributed by atoms with Crippen molar-refractivity contribution >= 4 is 11.6 Å². The van der Waals surface area contributed by atoms with Gasteiger partial charge in [0.15, 0.2) is 0 Å². The van der Waals surface area contributed by atoms with Crippen LogP contribution in [0.3, 0.4) is 0 Å². The van der Waals surface area contributed by atoms with E-state index in [0.29, 0.717) is 23.5 Å². The Labute approximate surface area is 108 Å². The molecular weight excluding hydrogens is 228 g/mol. The number of rotatable bonds is 6. The summed E-state index contributed by atoms with van der Waals surface area (Å²) in [6, 6.07) is 4.95. The Kier molecular flexibility index (Phi) is 5.59. The van der Waals surface area contributed by atoms with Crippen LogP contribution in [0.2, 0.25) is 0 Å². The van der Waals surface area contributed by atoms with E-state index in [1.807, 2.05) is 0 Å². The Hall–Kier alpha value is -2.15. The first kappa shape index (κ1) is 13.9. The van der Waals surface area contributed by atoms with Crippen LogP contribution in [-0.4, -0.2) is 19.6 Å². The van der Waals surface area contributed by atoms with Gasteiger partial charge in [-0.05, 0) is 25.0 Å². The molecule has 18 heavy (non-hydrogen) atoms. The fourth-order valence-electron chi connectivity index (χ4n) is 1.53. The van der Waals surface area contributed by atoms with Crippen LogP contribution in [0.25, 0.3) is 0 Å². The Morgan fingerprint density at radius 3 is 2.89 bits per heavy atom. The topological polar surface area (TPSA) is 64.4 Å². The van der Waals surface area contributed by atoms with Crippen molar-refractivity contribution in [2.45, 2.75) is 19.3 Å². The van der Waals surface area contributed by atoms with Crippen LogP contribution in [-0.2, 0) is 0 Å². The SMILES string of the molecule is C#CCCCCNC(=O)c1cc(N)cc(OC)c1. The summed E-state index contributed by atoms with van der Waals surface area (Å²) in [5, 5.41) is 2.82. The van der Waals surface area contributed by atoms with E-state index in [-0.39, 0.29) is 5.91 Å². The van der Waals surface area contributed by atoms with Gasteiger partial charge in [-0.25, -0.2) is 0 Å². The zero-order valence-corrected chi connectivity index (χ0v) is 10.5. The number of nitrogens with two attached hydrogens (primary N) is 1. The van der Waals surface area contributed by atoms with Gasteiger partial charge in [0.05, 0.1) is 7.11 Å². The number of nitrogens with one attached hydrogen (secondary N) is 1. The van der Waals surface area contributed by atoms with Crippen molar-refractivity contribution in [2.24, 2.45) is 0 Å². The van der Waals surface area contributed by atoms with E-state index in [9.17, 15) is 4.79 Å². The van der Waals surface area contributed by atoms with Crippen molar-refractivity contribution in [3.63, 3.8) is 0 Å². The molecule has 0 saturated heterocycles. The maximum atomic E-state index is 11.8. The van der Waals surface area contributed by atoms with E-state index >= 15 is 0 Å². The van der Waals surface area contributed by atoms with Gasteiger partial charge < -0.3 is 15.8 Å². The summed E-state index contributed by atoms with van der Waals surface area (Å²) < 4.78 is 5.06. The molecule has 0 heterocycles. The predicted octanol–water partition coefficient (Wildman–Crippen LogP) is 1.81. The average molecular weight is 246 g/mol. The second kappa shape index (κ2) is 7.23. The summed E-state index contributed by atoms with van der Waals surface area (Å²) in [5.41, 5.74) is 6.69. The van der Waals surface area contributed by atoms with Crippen LogP contribution < -0.4 is 15.8 Å². The Balaban J connectivity index is 2.51. The molecule has 4 heteroatoms. The fourth-order valence-corrected chi connectivity index (χ4v) is 1.53. The van der Waals surface area contributed by atoms with E-state index in [0.717, 1.165) is 19.3 Å². The number of amides is 1. The Bertz CT molecular complexity index is 450. The van der Waals surface area contributed by atoms with E-state index in [2.05, 4.69) is 11.2 Å². The van der Waals surface area contributed by atoms with Crippen LogP contribution in [0.1, 0.15) is 29.6 Å². The summed E-state index contributed by atoms with van der Waals surface area (Å²) >= 11 is 0. The number of benzene rings is 1. The van der Waals surface area contributed by atoms with Crippen LogP contribution >= 0.6 is 0 Å². The number of terminal acetylenes is 1. The maximum absolute atomic E-state index is 11.8. The Morgan fingerprint density at radius 2 is 2.22 bits per heavy atom. The first-order valence-electron chi connectivity index (χ1n) is 5.83. The molecule has 3 N–H and O–H groups in total. The highest BCUT2D eigenvalue weighted by Gasteiger charge is 2.07. The van der Waals surface area contributed by atoms with Crippen LogP contribution in [0, 0.1) is 12.3 Å². The van der Waals surface area contributed by atoms with Crippen molar-refractivity contribution < 1.29 is 9.53 Å². The van der Waals surface area contributed by atoms with Gasteiger partial charge in [-0.3, -0.25) is 4.79 Å². The summed E-state index contributed by atoms with van der Waals surface area (Å²) in [4.78, 5) is 11.8. The van der Waals surface area contributed by atoms with Gasteiger partial charge in [-0.1, -0.05) is 0 Å². The van der Waals surface area contributed by atoms with Crippen molar-refractivity contribution in [1.82, 2.24) is 5.32 Å². The second-order valence-electron chi connectivity index (χ2n) is 3.91. The number of ether oxygens (including phenoxy) is 1. The van der Waals surface area contributed by atoms with Gasteiger partial charge in [0, 0.05) is 30.3 Å². The smallest absolute Gasteiger partial charge is 0.251 e. The monoisotopic (exact) mass is 246 g/mol. The second-order valence-corrected chi connectivity index (χ2v) is 3.91. The zero-order valence-electron chi connectivity index (χ0n) is 10.5. The van der Waals surface area contributed by atoms with Gasteiger partial charge in [0.1, 0.15) is 5.75 Å². The number of anilines is 1. The molecular formula is C14H18N2O2. The molecule has 1 aromatic rings. The highest BCUT2D eigenvalue weighted by Crippen LogP contribution is 2.18. The minimum Gasteiger partial charge on any atom is -0.497 e. The molecule has 0 saturated carbocycles. The van der Waals surface area contributed by atoms with Crippen molar-refractivity contribution in [2.75, 3.05) is 19.4 Å². The predicted molar refractivity (Wildman–Crippen MR) is 72.4 cm³/mol. The Morgan fingerprint density at radius 1 is 1.44 bits per heavy atom. The molecule has 0 aliphatic rings. The number of hydrogen-bond donors (Lipinski definition) is 2. The molecule has 1 rings (SSSR count). The molecule has 0 spiro atoms. The highest BCUT2D eigenvalue weighted by atomic mass is 16.5. The number of carbonyl (C=O) groups excluding carboxylic acids is 1. The van der Waals surface area contributed by atoms with Gasteiger partial charge in [-0.15, -0.1) is 12.3 Å². The summed E-state index contributed by atoms with van der Waals surface area (Å²) in [7, 11) is 1.54. The lowest BCUT2D eigenvalue weighted by atomic mass is 10.1. The third-order valence-corrected chi connectivity index (χ3v) is 2.46. The van der Waals surface area contributed by atoms with E-state index in [1.165, 1.54) is 7.11 Å². The third kappa shape index (κ3) is 4.38. The molecule has 0 atom stereocenters. The molecule has 1 aromatic carbocycles. The quantitative estimate of drug-likeness (QED) is 0.457. The molecule has 0 aromatic heterocycles. The van der Waals surface area contributed by atoms with E-state index < -0.39 is 0 Å². The van der Waals surface area contributed by atoms with Crippen molar-refractivity contribution in [3.8, 4) is 18.1 Å². The molecule has 0 fully saturated rings.